The molecule has 3 rings (SSSR count). The molecule has 0 spiro atoms. The smallest absolute Gasteiger partial charge is 0.261 e. The van der Waals surface area contributed by atoms with Gasteiger partial charge < -0.3 is 5.32 Å². The number of likely N-dealkylation sites (N-methyl/N-ethyl adjacent to an activating group) is 1. The molecular formula is C15H19N3O2. The van der Waals surface area contributed by atoms with E-state index in [2.05, 4.69) is 10.2 Å². The topological polar surface area (TPSA) is 52.6 Å². The molecule has 0 aromatic heterocycles. The van der Waals surface area contributed by atoms with Gasteiger partial charge in [-0.1, -0.05) is 12.1 Å². The summed E-state index contributed by atoms with van der Waals surface area (Å²) >= 11 is 0. The highest BCUT2D eigenvalue weighted by atomic mass is 16.2. The molecule has 1 saturated heterocycles. The predicted octanol–water partition coefficient (Wildman–Crippen LogP) is 0.576. The first-order valence-corrected chi connectivity index (χ1v) is 7.05. The third-order valence-corrected chi connectivity index (χ3v) is 4.20. The van der Waals surface area contributed by atoms with Crippen LogP contribution in [0.25, 0.3) is 0 Å². The number of hydrogen-bond acceptors (Lipinski definition) is 4. The Labute approximate surface area is 118 Å². The molecule has 2 heterocycles. The SMILES string of the molecule is CNC1CCN(CCN2C(=O)c3ccccc3C2=O)C1. The zero-order valence-corrected chi connectivity index (χ0v) is 11.6. The number of benzene rings is 1. The Kier molecular flexibility index (Phi) is 3.54. The standard InChI is InChI=1S/C15H19N3O2/c1-16-11-6-7-17(10-11)8-9-18-14(19)12-4-2-3-5-13(12)15(18)20/h2-5,11,16H,6-10H2,1H3. The number of likely N-dealkylation sites (tertiary alicyclic amines) is 1. The van der Waals surface area contributed by atoms with Gasteiger partial charge in [0.1, 0.15) is 0 Å². The van der Waals surface area contributed by atoms with E-state index in [0.717, 1.165) is 26.1 Å². The summed E-state index contributed by atoms with van der Waals surface area (Å²) in [6.45, 7) is 3.24. The zero-order valence-electron chi connectivity index (χ0n) is 11.6. The number of rotatable bonds is 4. The molecule has 1 N–H and O–H groups in total. The second-order valence-corrected chi connectivity index (χ2v) is 5.38. The largest absolute Gasteiger partial charge is 0.316 e. The summed E-state index contributed by atoms with van der Waals surface area (Å²) < 4.78 is 0. The molecule has 106 valence electrons. The molecule has 1 aromatic carbocycles. The lowest BCUT2D eigenvalue weighted by molar-refractivity contribution is 0.0640. The fourth-order valence-corrected chi connectivity index (χ4v) is 2.96. The number of amides is 2. The average molecular weight is 273 g/mol. The van der Waals surface area contributed by atoms with Crippen LogP contribution >= 0.6 is 0 Å². The molecule has 5 nitrogen and oxygen atoms in total. The van der Waals surface area contributed by atoms with Gasteiger partial charge in [0.05, 0.1) is 11.1 Å². The van der Waals surface area contributed by atoms with Crippen LogP contribution in [0.4, 0.5) is 0 Å². The van der Waals surface area contributed by atoms with Gasteiger partial charge >= 0.3 is 0 Å². The minimum atomic E-state index is -0.157. The molecule has 0 saturated carbocycles. The maximum Gasteiger partial charge on any atom is 0.261 e. The highest BCUT2D eigenvalue weighted by Gasteiger charge is 2.35. The van der Waals surface area contributed by atoms with Crippen LogP contribution < -0.4 is 5.32 Å². The molecule has 2 amide bonds. The minimum absolute atomic E-state index is 0.157. The summed E-state index contributed by atoms with van der Waals surface area (Å²) in [6, 6.07) is 7.57. The van der Waals surface area contributed by atoms with Gasteiger partial charge in [-0.05, 0) is 32.1 Å². The first-order valence-electron chi connectivity index (χ1n) is 7.05. The lowest BCUT2D eigenvalue weighted by Gasteiger charge is -2.20. The van der Waals surface area contributed by atoms with Crippen LogP contribution in [0.2, 0.25) is 0 Å². The van der Waals surface area contributed by atoms with Crippen LogP contribution in [0.3, 0.4) is 0 Å². The molecule has 2 aliphatic heterocycles. The summed E-state index contributed by atoms with van der Waals surface area (Å²) in [7, 11) is 1.97. The Morgan fingerprint density at radius 3 is 2.35 bits per heavy atom. The van der Waals surface area contributed by atoms with E-state index in [9.17, 15) is 9.59 Å². The molecule has 1 aromatic rings. The molecular weight excluding hydrogens is 254 g/mol. The maximum atomic E-state index is 12.2. The number of carbonyl (C=O) groups excluding carboxylic acids is 2. The maximum absolute atomic E-state index is 12.2. The molecule has 1 fully saturated rings. The Hall–Kier alpha value is -1.72. The Balaban J connectivity index is 1.63. The van der Waals surface area contributed by atoms with Crippen LogP contribution in [-0.4, -0.2) is 60.9 Å². The van der Waals surface area contributed by atoms with Gasteiger partial charge in [-0.2, -0.15) is 0 Å². The number of nitrogens with zero attached hydrogens (tertiary/aromatic N) is 2. The van der Waals surface area contributed by atoms with Crippen molar-refractivity contribution in [3.8, 4) is 0 Å². The van der Waals surface area contributed by atoms with Crippen molar-refractivity contribution >= 4 is 11.8 Å². The molecule has 0 radical (unpaired) electrons. The molecule has 0 bridgehead atoms. The lowest BCUT2D eigenvalue weighted by atomic mass is 10.1. The van der Waals surface area contributed by atoms with E-state index in [4.69, 9.17) is 0 Å². The van der Waals surface area contributed by atoms with Crippen LogP contribution in [0.15, 0.2) is 24.3 Å². The number of carbonyl (C=O) groups is 2. The first kappa shape index (κ1) is 13.3. The van der Waals surface area contributed by atoms with E-state index in [1.54, 1.807) is 24.3 Å². The van der Waals surface area contributed by atoms with Crippen molar-refractivity contribution in [2.45, 2.75) is 12.5 Å². The quantitative estimate of drug-likeness (QED) is 0.815. The van der Waals surface area contributed by atoms with Gasteiger partial charge in [0.15, 0.2) is 0 Å². The summed E-state index contributed by atoms with van der Waals surface area (Å²) in [5.41, 5.74) is 1.07. The summed E-state index contributed by atoms with van der Waals surface area (Å²) in [5, 5.41) is 3.26. The van der Waals surface area contributed by atoms with E-state index in [0.29, 0.717) is 23.7 Å². The molecule has 2 aliphatic rings. The number of nitrogens with one attached hydrogen (secondary N) is 1. The Bertz CT molecular complexity index is 509. The van der Waals surface area contributed by atoms with E-state index < -0.39 is 0 Å². The van der Waals surface area contributed by atoms with Crippen molar-refractivity contribution in [2.75, 3.05) is 33.2 Å². The van der Waals surface area contributed by atoms with Gasteiger partial charge in [0.25, 0.3) is 11.8 Å². The van der Waals surface area contributed by atoms with Crippen molar-refractivity contribution in [3.05, 3.63) is 35.4 Å². The Morgan fingerprint density at radius 2 is 1.80 bits per heavy atom. The van der Waals surface area contributed by atoms with Crippen LogP contribution in [0, 0.1) is 0 Å². The zero-order chi connectivity index (χ0) is 14.1. The summed E-state index contributed by atoms with van der Waals surface area (Å²) in [5.74, 6) is -0.315. The molecule has 5 heteroatoms. The fourth-order valence-electron chi connectivity index (χ4n) is 2.96. The molecule has 1 atom stereocenters. The predicted molar refractivity (Wildman–Crippen MR) is 75.7 cm³/mol. The second kappa shape index (κ2) is 5.34. The highest BCUT2D eigenvalue weighted by Crippen LogP contribution is 2.22. The van der Waals surface area contributed by atoms with Crippen LogP contribution in [0.1, 0.15) is 27.1 Å². The van der Waals surface area contributed by atoms with Crippen LogP contribution in [0.5, 0.6) is 0 Å². The highest BCUT2D eigenvalue weighted by molar-refractivity contribution is 6.21. The van der Waals surface area contributed by atoms with Gasteiger partial charge in [-0.25, -0.2) is 0 Å². The van der Waals surface area contributed by atoms with E-state index in [1.807, 2.05) is 7.05 Å². The van der Waals surface area contributed by atoms with Crippen molar-refractivity contribution in [1.82, 2.24) is 15.1 Å². The monoisotopic (exact) mass is 273 g/mol. The normalized spacial score (nSPS) is 22.6. The Morgan fingerprint density at radius 1 is 1.15 bits per heavy atom. The van der Waals surface area contributed by atoms with Gasteiger partial charge in [0, 0.05) is 25.7 Å². The van der Waals surface area contributed by atoms with Crippen LogP contribution in [-0.2, 0) is 0 Å². The van der Waals surface area contributed by atoms with E-state index >= 15 is 0 Å². The van der Waals surface area contributed by atoms with Gasteiger partial charge in [-0.3, -0.25) is 19.4 Å². The lowest BCUT2D eigenvalue weighted by Crippen LogP contribution is -2.38. The fraction of sp³-hybridized carbons (Fsp3) is 0.467. The van der Waals surface area contributed by atoms with Crippen molar-refractivity contribution in [1.29, 1.82) is 0 Å². The van der Waals surface area contributed by atoms with Crippen molar-refractivity contribution in [3.63, 3.8) is 0 Å². The number of imide groups is 1. The number of fused-ring (bicyclic) bond motifs is 1. The summed E-state index contributed by atoms with van der Waals surface area (Å²) in [4.78, 5) is 28.1. The molecule has 1 unspecified atom stereocenters. The number of hydrogen-bond donors (Lipinski definition) is 1. The third kappa shape index (κ3) is 2.23. The van der Waals surface area contributed by atoms with Crippen molar-refractivity contribution < 1.29 is 9.59 Å². The van der Waals surface area contributed by atoms with Crippen molar-refractivity contribution in [2.24, 2.45) is 0 Å². The van der Waals surface area contributed by atoms with E-state index in [-0.39, 0.29) is 11.8 Å². The van der Waals surface area contributed by atoms with Gasteiger partial charge in [0.2, 0.25) is 0 Å². The third-order valence-electron chi connectivity index (χ3n) is 4.20. The summed E-state index contributed by atoms with van der Waals surface area (Å²) in [6.07, 6.45) is 1.12. The molecule has 0 aliphatic carbocycles. The first-order chi connectivity index (χ1) is 9.70. The van der Waals surface area contributed by atoms with E-state index in [1.165, 1.54) is 4.90 Å². The average Bonchev–Trinajstić information content (AvgIpc) is 3.03. The van der Waals surface area contributed by atoms with Gasteiger partial charge in [-0.15, -0.1) is 0 Å². The second-order valence-electron chi connectivity index (χ2n) is 5.38. The molecule has 20 heavy (non-hydrogen) atoms. The minimum Gasteiger partial charge on any atom is -0.316 e.